The number of nitrogens with one attached hydrogen (secondary N) is 1. The molecule has 2 N–H and O–H groups in total. The maximum absolute atomic E-state index is 12.4. The van der Waals surface area contributed by atoms with Gasteiger partial charge in [0.15, 0.2) is 0 Å². The molecule has 0 radical (unpaired) electrons. The lowest BCUT2D eigenvalue weighted by atomic mass is 10.1. The lowest BCUT2D eigenvalue weighted by Gasteiger charge is -2.25. The van der Waals surface area contributed by atoms with E-state index >= 15 is 0 Å². The van der Waals surface area contributed by atoms with Gasteiger partial charge in [0.2, 0.25) is 0 Å². The molecule has 1 saturated carbocycles. The second-order valence-electron chi connectivity index (χ2n) is 5.45. The van der Waals surface area contributed by atoms with Crippen LogP contribution in [0.15, 0.2) is 30.3 Å². The fraction of sp³-hybridized carbons (Fsp3) is 0.500. The SMILES string of the molecule is O=C(O)CN(C(=O)NC1CCCCCC1)c1ccccc1. The van der Waals surface area contributed by atoms with Crippen LogP contribution in [0.25, 0.3) is 0 Å². The first-order valence-electron chi connectivity index (χ1n) is 7.51. The first-order valence-corrected chi connectivity index (χ1v) is 7.51. The van der Waals surface area contributed by atoms with Crippen molar-refractivity contribution in [1.29, 1.82) is 0 Å². The number of carboxylic acids is 1. The average Bonchev–Trinajstić information content (AvgIpc) is 2.74. The number of amides is 2. The van der Waals surface area contributed by atoms with E-state index in [4.69, 9.17) is 5.11 Å². The number of urea groups is 1. The average molecular weight is 290 g/mol. The van der Waals surface area contributed by atoms with Crippen molar-refractivity contribution in [2.75, 3.05) is 11.4 Å². The standard InChI is InChI=1S/C16H22N2O3/c19-15(20)12-18(14-10-6-3-7-11-14)16(21)17-13-8-4-1-2-5-9-13/h3,6-7,10-11,13H,1-2,4-5,8-9,12H2,(H,17,21)(H,19,20). The maximum Gasteiger partial charge on any atom is 0.323 e. The third-order valence-corrected chi connectivity index (χ3v) is 3.79. The number of benzene rings is 1. The summed E-state index contributed by atoms with van der Waals surface area (Å²) >= 11 is 0. The maximum atomic E-state index is 12.4. The van der Waals surface area contributed by atoms with Gasteiger partial charge in [-0.15, -0.1) is 0 Å². The van der Waals surface area contributed by atoms with Crippen LogP contribution < -0.4 is 10.2 Å². The van der Waals surface area contributed by atoms with Crippen LogP contribution in [-0.4, -0.2) is 29.7 Å². The predicted octanol–water partition coefficient (Wildman–Crippen LogP) is 3.01. The molecular formula is C16H22N2O3. The molecule has 21 heavy (non-hydrogen) atoms. The summed E-state index contributed by atoms with van der Waals surface area (Å²) in [6, 6.07) is 8.75. The molecule has 1 aromatic carbocycles. The van der Waals surface area contributed by atoms with Gasteiger partial charge >= 0.3 is 12.0 Å². The Balaban J connectivity index is 2.05. The van der Waals surface area contributed by atoms with Crippen LogP contribution in [0.1, 0.15) is 38.5 Å². The van der Waals surface area contributed by atoms with Gasteiger partial charge in [-0.3, -0.25) is 9.69 Å². The minimum absolute atomic E-state index is 0.153. The van der Waals surface area contributed by atoms with Crippen molar-refractivity contribution in [2.45, 2.75) is 44.6 Å². The minimum atomic E-state index is -1.02. The second kappa shape index (κ2) is 7.67. The van der Waals surface area contributed by atoms with Gasteiger partial charge in [-0.1, -0.05) is 43.9 Å². The van der Waals surface area contributed by atoms with E-state index in [1.165, 1.54) is 17.7 Å². The largest absolute Gasteiger partial charge is 0.480 e. The lowest BCUT2D eigenvalue weighted by Crippen LogP contribution is -2.46. The van der Waals surface area contributed by atoms with Gasteiger partial charge in [-0.2, -0.15) is 0 Å². The van der Waals surface area contributed by atoms with Crippen LogP contribution >= 0.6 is 0 Å². The van der Waals surface area contributed by atoms with Crippen molar-refractivity contribution in [3.05, 3.63) is 30.3 Å². The van der Waals surface area contributed by atoms with Crippen molar-refractivity contribution in [1.82, 2.24) is 5.32 Å². The molecule has 0 unspecified atom stereocenters. The molecule has 0 spiro atoms. The topological polar surface area (TPSA) is 69.6 Å². The molecule has 1 fully saturated rings. The van der Waals surface area contributed by atoms with E-state index in [2.05, 4.69) is 5.32 Å². The van der Waals surface area contributed by atoms with E-state index in [-0.39, 0.29) is 18.6 Å². The van der Waals surface area contributed by atoms with Gasteiger partial charge in [-0.05, 0) is 25.0 Å². The molecule has 0 bridgehead atoms. The number of nitrogens with zero attached hydrogens (tertiary/aromatic N) is 1. The van der Waals surface area contributed by atoms with Gasteiger partial charge in [0.25, 0.3) is 0 Å². The molecule has 1 aliphatic rings. The van der Waals surface area contributed by atoms with Crippen molar-refractivity contribution in [2.24, 2.45) is 0 Å². The van der Waals surface area contributed by atoms with Crippen molar-refractivity contribution >= 4 is 17.7 Å². The summed E-state index contributed by atoms with van der Waals surface area (Å²) < 4.78 is 0. The number of para-hydroxylation sites is 1. The molecule has 0 aromatic heterocycles. The zero-order valence-corrected chi connectivity index (χ0v) is 12.1. The monoisotopic (exact) mass is 290 g/mol. The Morgan fingerprint density at radius 1 is 1.10 bits per heavy atom. The molecule has 5 heteroatoms. The van der Waals surface area contributed by atoms with E-state index in [0.717, 1.165) is 25.7 Å². The van der Waals surface area contributed by atoms with Gasteiger partial charge < -0.3 is 10.4 Å². The summed E-state index contributed by atoms with van der Waals surface area (Å²) in [4.78, 5) is 24.7. The zero-order chi connectivity index (χ0) is 15.1. The number of rotatable bonds is 4. The zero-order valence-electron chi connectivity index (χ0n) is 12.1. The van der Waals surface area contributed by atoms with E-state index in [0.29, 0.717) is 5.69 Å². The second-order valence-corrected chi connectivity index (χ2v) is 5.45. The summed E-state index contributed by atoms with van der Waals surface area (Å²) in [5.41, 5.74) is 0.603. The number of carbonyl (C=O) groups excluding carboxylic acids is 1. The number of hydrogen-bond acceptors (Lipinski definition) is 2. The quantitative estimate of drug-likeness (QED) is 0.837. The van der Waals surface area contributed by atoms with Crippen LogP contribution in [0.4, 0.5) is 10.5 Å². The number of hydrogen-bond donors (Lipinski definition) is 2. The van der Waals surface area contributed by atoms with Crippen LogP contribution in [-0.2, 0) is 4.79 Å². The van der Waals surface area contributed by atoms with Gasteiger partial charge in [0, 0.05) is 11.7 Å². The Kier molecular flexibility index (Phi) is 5.60. The molecule has 5 nitrogen and oxygen atoms in total. The summed E-state index contributed by atoms with van der Waals surface area (Å²) in [7, 11) is 0. The number of anilines is 1. The van der Waals surface area contributed by atoms with Crippen molar-refractivity contribution in [3.63, 3.8) is 0 Å². The van der Waals surface area contributed by atoms with E-state index in [1.807, 2.05) is 6.07 Å². The summed E-state index contributed by atoms with van der Waals surface area (Å²) in [6.45, 7) is -0.331. The van der Waals surface area contributed by atoms with Gasteiger partial charge in [-0.25, -0.2) is 4.79 Å². The molecule has 0 heterocycles. The molecule has 0 saturated heterocycles. The van der Waals surface area contributed by atoms with E-state index in [1.54, 1.807) is 24.3 Å². The summed E-state index contributed by atoms with van der Waals surface area (Å²) in [5, 5.41) is 12.0. The Morgan fingerprint density at radius 2 is 1.71 bits per heavy atom. The van der Waals surface area contributed by atoms with Crippen LogP contribution in [0.2, 0.25) is 0 Å². The third kappa shape index (κ3) is 4.77. The Labute approximate surface area is 125 Å². The molecule has 0 aliphatic heterocycles. The predicted molar refractivity (Wildman–Crippen MR) is 81.4 cm³/mol. The normalized spacial score (nSPS) is 16.0. The number of aliphatic carboxylic acids is 1. The van der Waals surface area contributed by atoms with E-state index in [9.17, 15) is 9.59 Å². The molecular weight excluding hydrogens is 268 g/mol. The summed E-state index contributed by atoms with van der Waals surface area (Å²) in [5.74, 6) is -1.02. The first-order chi connectivity index (χ1) is 10.2. The number of carboxylic acid groups (broad SMARTS) is 1. The molecule has 1 aliphatic carbocycles. The lowest BCUT2D eigenvalue weighted by molar-refractivity contribution is -0.135. The fourth-order valence-electron chi connectivity index (χ4n) is 2.70. The Bertz CT molecular complexity index is 468. The van der Waals surface area contributed by atoms with Crippen molar-refractivity contribution in [3.8, 4) is 0 Å². The van der Waals surface area contributed by atoms with Crippen molar-refractivity contribution < 1.29 is 14.7 Å². The molecule has 1 aromatic rings. The van der Waals surface area contributed by atoms with Gasteiger partial charge in [0.05, 0.1) is 0 Å². The molecule has 2 rings (SSSR count). The minimum Gasteiger partial charge on any atom is -0.480 e. The summed E-state index contributed by atoms with van der Waals surface area (Å²) in [6.07, 6.45) is 6.61. The highest BCUT2D eigenvalue weighted by molar-refractivity contribution is 5.96. The Morgan fingerprint density at radius 3 is 2.29 bits per heavy atom. The smallest absolute Gasteiger partial charge is 0.323 e. The fourth-order valence-corrected chi connectivity index (χ4v) is 2.70. The Hall–Kier alpha value is -2.04. The molecule has 114 valence electrons. The first kappa shape index (κ1) is 15.4. The third-order valence-electron chi connectivity index (χ3n) is 3.79. The number of carbonyl (C=O) groups is 2. The van der Waals surface area contributed by atoms with E-state index < -0.39 is 5.97 Å². The highest BCUT2D eigenvalue weighted by Crippen LogP contribution is 2.19. The van der Waals surface area contributed by atoms with Crippen LogP contribution in [0, 0.1) is 0 Å². The molecule has 0 atom stereocenters. The molecule has 2 amide bonds. The highest BCUT2D eigenvalue weighted by atomic mass is 16.4. The van der Waals surface area contributed by atoms with Crippen LogP contribution in [0.3, 0.4) is 0 Å². The van der Waals surface area contributed by atoms with Gasteiger partial charge in [0.1, 0.15) is 6.54 Å². The van der Waals surface area contributed by atoms with Crippen LogP contribution in [0.5, 0.6) is 0 Å². The highest BCUT2D eigenvalue weighted by Gasteiger charge is 2.22.